The first kappa shape index (κ1) is 15.4. The number of carboxylic acid groups (broad SMARTS) is 1. The number of nitrogens with zero attached hydrogens (tertiary/aromatic N) is 2. The summed E-state index contributed by atoms with van der Waals surface area (Å²) in [4.78, 5) is 26.8. The van der Waals surface area contributed by atoms with Gasteiger partial charge < -0.3 is 10.0 Å². The van der Waals surface area contributed by atoms with Crippen LogP contribution in [0.3, 0.4) is 0 Å². The maximum Gasteiger partial charge on any atom is 0.324 e. The molecule has 0 atom stereocenters. The second-order valence-corrected chi connectivity index (χ2v) is 5.49. The Bertz CT molecular complexity index is 484. The van der Waals surface area contributed by atoms with Crippen molar-refractivity contribution in [2.24, 2.45) is 5.92 Å². The summed E-state index contributed by atoms with van der Waals surface area (Å²) in [6, 6.07) is 9.62. The average Bonchev–Trinajstić information content (AvgIpc) is 2.43. The predicted molar refractivity (Wildman–Crippen MR) is 81.4 cm³/mol. The molecule has 0 aromatic heterocycles. The molecule has 1 saturated heterocycles. The number of rotatable bonds is 6. The Hall–Kier alpha value is -2.04. The summed E-state index contributed by atoms with van der Waals surface area (Å²) in [5, 5.41) is 8.76. The number of para-hydroxylation sites is 1. The number of likely N-dealkylation sites (tertiary alicyclic amines) is 1. The monoisotopic (exact) mass is 290 g/mol. The van der Waals surface area contributed by atoms with E-state index in [0.717, 1.165) is 18.5 Å². The van der Waals surface area contributed by atoms with Gasteiger partial charge in [0.1, 0.15) is 0 Å². The number of hydrogen-bond donors (Lipinski definition) is 1. The molecule has 21 heavy (non-hydrogen) atoms. The highest BCUT2D eigenvalue weighted by Gasteiger charge is 2.34. The molecule has 2 amide bonds. The van der Waals surface area contributed by atoms with Crippen molar-refractivity contribution in [2.75, 3.05) is 24.5 Å². The van der Waals surface area contributed by atoms with E-state index in [4.69, 9.17) is 5.11 Å². The van der Waals surface area contributed by atoms with Crippen molar-refractivity contribution in [3.05, 3.63) is 30.3 Å². The highest BCUT2D eigenvalue weighted by Crippen LogP contribution is 2.23. The van der Waals surface area contributed by atoms with E-state index in [-0.39, 0.29) is 18.4 Å². The molecule has 0 saturated carbocycles. The van der Waals surface area contributed by atoms with Crippen LogP contribution in [0.15, 0.2) is 30.3 Å². The Morgan fingerprint density at radius 1 is 1.29 bits per heavy atom. The first-order chi connectivity index (χ1) is 10.1. The highest BCUT2D eigenvalue weighted by molar-refractivity contribution is 5.92. The molecule has 0 aliphatic carbocycles. The van der Waals surface area contributed by atoms with Gasteiger partial charge in [-0.1, -0.05) is 31.5 Å². The highest BCUT2D eigenvalue weighted by atomic mass is 16.4. The van der Waals surface area contributed by atoms with Crippen LogP contribution >= 0.6 is 0 Å². The van der Waals surface area contributed by atoms with E-state index in [2.05, 4.69) is 6.92 Å². The smallest absolute Gasteiger partial charge is 0.324 e. The number of unbranched alkanes of at least 4 members (excludes halogenated alkanes) is 1. The standard InChI is InChI=1S/C16H22N2O3/c1-2-3-9-18(14-7-5-4-6-8-14)16(21)17-11-13(12-17)10-15(19)20/h4-8,13H,2-3,9-12H2,1H3,(H,19,20). The average molecular weight is 290 g/mol. The van der Waals surface area contributed by atoms with E-state index in [9.17, 15) is 9.59 Å². The molecule has 1 aromatic rings. The number of aliphatic carboxylic acids is 1. The SMILES string of the molecule is CCCCN(C(=O)N1CC(CC(=O)O)C1)c1ccccc1. The fraction of sp³-hybridized carbons (Fsp3) is 0.500. The molecule has 5 heteroatoms. The minimum absolute atomic E-state index is 0.0173. The molecular weight excluding hydrogens is 268 g/mol. The third-order valence-electron chi connectivity index (χ3n) is 3.73. The van der Waals surface area contributed by atoms with Crippen molar-refractivity contribution in [1.29, 1.82) is 0 Å². The van der Waals surface area contributed by atoms with E-state index < -0.39 is 5.97 Å². The van der Waals surface area contributed by atoms with Gasteiger partial charge in [-0.25, -0.2) is 4.79 Å². The molecule has 0 bridgehead atoms. The van der Waals surface area contributed by atoms with Crippen molar-refractivity contribution in [3.63, 3.8) is 0 Å². The van der Waals surface area contributed by atoms with Crippen molar-refractivity contribution >= 4 is 17.7 Å². The quantitative estimate of drug-likeness (QED) is 0.876. The Morgan fingerprint density at radius 3 is 2.52 bits per heavy atom. The van der Waals surface area contributed by atoms with Gasteiger partial charge in [0.05, 0.1) is 6.42 Å². The third-order valence-corrected chi connectivity index (χ3v) is 3.73. The van der Waals surface area contributed by atoms with Crippen molar-refractivity contribution in [3.8, 4) is 0 Å². The molecule has 0 unspecified atom stereocenters. The minimum atomic E-state index is -0.794. The summed E-state index contributed by atoms with van der Waals surface area (Å²) in [6.45, 7) is 3.88. The summed E-state index contributed by atoms with van der Waals surface area (Å²) in [7, 11) is 0. The summed E-state index contributed by atoms with van der Waals surface area (Å²) in [6.07, 6.45) is 2.12. The molecule has 0 radical (unpaired) electrons. The van der Waals surface area contributed by atoms with Crippen LogP contribution in [0, 0.1) is 5.92 Å². The number of hydrogen-bond acceptors (Lipinski definition) is 2. The van der Waals surface area contributed by atoms with Crippen LogP contribution in [0.5, 0.6) is 0 Å². The molecule has 1 aromatic carbocycles. The number of anilines is 1. The normalized spacial score (nSPS) is 14.6. The summed E-state index contributed by atoms with van der Waals surface area (Å²) < 4.78 is 0. The number of benzene rings is 1. The Labute approximate surface area is 125 Å². The van der Waals surface area contributed by atoms with E-state index in [1.54, 1.807) is 9.80 Å². The number of carbonyl (C=O) groups is 2. The van der Waals surface area contributed by atoms with Crippen LogP contribution in [0.25, 0.3) is 0 Å². The lowest BCUT2D eigenvalue weighted by Gasteiger charge is -2.41. The van der Waals surface area contributed by atoms with E-state index in [1.165, 1.54) is 0 Å². The van der Waals surface area contributed by atoms with E-state index >= 15 is 0 Å². The van der Waals surface area contributed by atoms with Crippen LogP contribution in [0.1, 0.15) is 26.2 Å². The zero-order valence-corrected chi connectivity index (χ0v) is 12.4. The molecule has 1 N–H and O–H groups in total. The maximum atomic E-state index is 12.6. The second-order valence-electron chi connectivity index (χ2n) is 5.49. The maximum absolute atomic E-state index is 12.6. The topological polar surface area (TPSA) is 60.9 Å². The lowest BCUT2D eigenvalue weighted by atomic mass is 9.97. The summed E-state index contributed by atoms with van der Waals surface area (Å²) in [5.41, 5.74) is 0.901. The molecule has 1 aliphatic heterocycles. The molecule has 114 valence electrons. The minimum Gasteiger partial charge on any atom is -0.481 e. The van der Waals surface area contributed by atoms with Crippen LogP contribution in [0.2, 0.25) is 0 Å². The molecular formula is C16H22N2O3. The zero-order chi connectivity index (χ0) is 15.2. The molecule has 1 fully saturated rings. The molecule has 5 nitrogen and oxygen atoms in total. The van der Waals surface area contributed by atoms with Gasteiger partial charge in [0.15, 0.2) is 0 Å². The zero-order valence-electron chi connectivity index (χ0n) is 12.4. The Balaban J connectivity index is 1.98. The lowest BCUT2D eigenvalue weighted by molar-refractivity contribution is -0.139. The van der Waals surface area contributed by atoms with Crippen molar-refractivity contribution < 1.29 is 14.7 Å². The Morgan fingerprint density at radius 2 is 1.95 bits per heavy atom. The van der Waals surface area contributed by atoms with Gasteiger partial charge in [-0.3, -0.25) is 9.69 Å². The second kappa shape index (κ2) is 7.11. The fourth-order valence-corrected chi connectivity index (χ4v) is 2.53. The first-order valence-electron chi connectivity index (χ1n) is 7.45. The van der Waals surface area contributed by atoms with Gasteiger partial charge in [-0.05, 0) is 18.6 Å². The molecule has 2 rings (SSSR count). The lowest BCUT2D eigenvalue weighted by Crippen LogP contribution is -2.55. The largest absolute Gasteiger partial charge is 0.481 e. The van der Waals surface area contributed by atoms with Gasteiger partial charge in [-0.15, -0.1) is 0 Å². The van der Waals surface area contributed by atoms with Crippen LogP contribution in [-0.4, -0.2) is 41.6 Å². The fourth-order valence-electron chi connectivity index (χ4n) is 2.53. The third kappa shape index (κ3) is 3.97. The van der Waals surface area contributed by atoms with Gasteiger partial charge in [0.25, 0.3) is 0 Å². The van der Waals surface area contributed by atoms with Crippen LogP contribution in [0.4, 0.5) is 10.5 Å². The number of urea groups is 1. The van der Waals surface area contributed by atoms with Gasteiger partial charge in [-0.2, -0.15) is 0 Å². The number of carboxylic acids is 1. The number of carbonyl (C=O) groups excluding carboxylic acids is 1. The molecule has 0 spiro atoms. The number of amides is 2. The van der Waals surface area contributed by atoms with Gasteiger partial charge in [0.2, 0.25) is 0 Å². The first-order valence-corrected chi connectivity index (χ1v) is 7.45. The molecule has 1 heterocycles. The van der Waals surface area contributed by atoms with E-state index in [0.29, 0.717) is 19.6 Å². The predicted octanol–water partition coefficient (Wildman–Crippen LogP) is 2.82. The summed E-state index contributed by atoms with van der Waals surface area (Å²) in [5.74, 6) is -0.701. The van der Waals surface area contributed by atoms with Crippen LogP contribution in [-0.2, 0) is 4.79 Å². The molecule has 1 aliphatic rings. The van der Waals surface area contributed by atoms with Crippen LogP contribution < -0.4 is 4.90 Å². The van der Waals surface area contributed by atoms with Gasteiger partial charge >= 0.3 is 12.0 Å². The van der Waals surface area contributed by atoms with E-state index in [1.807, 2.05) is 30.3 Å². The van der Waals surface area contributed by atoms with Gasteiger partial charge in [0, 0.05) is 31.2 Å². The Kier molecular flexibility index (Phi) is 5.20. The van der Waals surface area contributed by atoms with Crippen molar-refractivity contribution in [2.45, 2.75) is 26.2 Å². The van der Waals surface area contributed by atoms with Crippen molar-refractivity contribution in [1.82, 2.24) is 4.90 Å². The summed E-state index contributed by atoms with van der Waals surface area (Å²) >= 11 is 0.